The molecule has 0 saturated carbocycles. The Hall–Kier alpha value is -1.99. The molecule has 2 nitrogen and oxygen atoms in total. The van der Waals surface area contributed by atoms with Crippen molar-refractivity contribution in [2.45, 2.75) is 18.7 Å². The largest absolute Gasteiger partial charge is 0.456 e. The molecular formula is C16H14FNOS. The highest BCUT2D eigenvalue weighted by Gasteiger charge is 2.10. The average Bonchev–Trinajstić information content (AvgIpc) is 2.44. The molecule has 0 radical (unpaired) electrons. The van der Waals surface area contributed by atoms with Crippen molar-refractivity contribution in [3.63, 3.8) is 0 Å². The molecule has 0 fully saturated rings. The highest BCUT2D eigenvalue weighted by atomic mass is 32.2. The van der Waals surface area contributed by atoms with Crippen molar-refractivity contribution >= 4 is 11.8 Å². The van der Waals surface area contributed by atoms with Crippen LogP contribution in [-0.4, -0.2) is 5.75 Å². The molecule has 0 unspecified atom stereocenters. The molecule has 0 amide bonds. The lowest BCUT2D eigenvalue weighted by Gasteiger charge is -2.10. The molecule has 0 atom stereocenters. The van der Waals surface area contributed by atoms with Crippen LogP contribution in [0.2, 0.25) is 0 Å². The van der Waals surface area contributed by atoms with Crippen LogP contribution in [0.3, 0.4) is 0 Å². The van der Waals surface area contributed by atoms with E-state index < -0.39 is 0 Å². The first-order valence-electron chi connectivity index (χ1n) is 6.25. The number of rotatable bonds is 4. The van der Waals surface area contributed by atoms with Gasteiger partial charge in [-0.15, -0.1) is 11.8 Å². The van der Waals surface area contributed by atoms with Gasteiger partial charge in [0.1, 0.15) is 28.9 Å². The minimum Gasteiger partial charge on any atom is -0.456 e. The zero-order chi connectivity index (χ0) is 14.5. The molecular weight excluding hydrogens is 273 g/mol. The fraction of sp³-hybridized carbons (Fsp3) is 0.188. The van der Waals surface area contributed by atoms with Crippen molar-refractivity contribution in [2.24, 2.45) is 0 Å². The van der Waals surface area contributed by atoms with E-state index in [2.05, 4.69) is 6.07 Å². The van der Waals surface area contributed by atoms with Crippen molar-refractivity contribution in [1.82, 2.24) is 0 Å². The predicted molar refractivity (Wildman–Crippen MR) is 78.8 cm³/mol. The molecule has 4 heteroatoms. The van der Waals surface area contributed by atoms with Gasteiger partial charge in [0, 0.05) is 4.90 Å². The molecule has 0 N–H and O–H groups in total. The molecule has 0 aromatic heterocycles. The van der Waals surface area contributed by atoms with Crippen molar-refractivity contribution < 1.29 is 9.13 Å². The molecule has 0 spiro atoms. The van der Waals surface area contributed by atoms with Crippen LogP contribution >= 0.6 is 11.8 Å². The Labute approximate surface area is 122 Å². The molecule has 0 heterocycles. The topological polar surface area (TPSA) is 33.0 Å². The van der Waals surface area contributed by atoms with E-state index in [9.17, 15) is 9.65 Å². The summed E-state index contributed by atoms with van der Waals surface area (Å²) in [5.74, 6) is 1.64. The fourth-order valence-corrected chi connectivity index (χ4v) is 2.57. The van der Waals surface area contributed by atoms with Crippen LogP contribution in [0, 0.1) is 24.1 Å². The Balaban J connectivity index is 2.35. The zero-order valence-electron chi connectivity index (χ0n) is 11.3. The fourth-order valence-electron chi connectivity index (χ4n) is 1.79. The highest BCUT2D eigenvalue weighted by Crippen LogP contribution is 2.32. The second kappa shape index (κ2) is 6.44. The van der Waals surface area contributed by atoms with Gasteiger partial charge in [0.05, 0.1) is 0 Å². The highest BCUT2D eigenvalue weighted by molar-refractivity contribution is 7.99. The minimum absolute atomic E-state index is 0.270. The number of nitriles is 1. The van der Waals surface area contributed by atoms with Crippen LogP contribution in [-0.2, 0) is 0 Å². The van der Waals surface area contributed by atoms with E-state index in [0.717, 1.165) is 10.6 Å². The molecule has 102 valence electrons. The second-order valence-corrected chi connectivity index (χ2v) is 5.49. The van der Waals surface area contributed by atoms with Gasteiger partial charge in [-0.25, -0.2) is 4.39 Å². The van der Waals surface area contributed by atoms with Gasteiger partial charge >= 0.3 is 0 Å². The lowest BCUT2D eigenvalue weighted by Crippen LogP contribution is -1.92. The predicted octanol–water partition coefficient (Wildman–Crippen LogP) is 4.91. The summed E-state index contributed by atoms with van der Waals surface area (Å²) in [5.41, 5.74) is 1.03. The van der Waals surface area contributed by atoms with E-state index in [4.69, 9.17) is 4.74 Å². The Bertz CT molecular complexity index is 664. The maximum absolute atomic E-state index is 13.2. The summed E-state index contributed by atoms with van der Waals surface area (Å²) in [7, 11) is 0. The van der Waals surface area contributed by atoms with Gasteiger partial charge in [-0.05, 0) is 48.6 Å². The lowest BCUT2D eigenvalue weighted by molar-refractivity contribution is 0.476. The van der Waals surface area contributed by atoms with E-state index in [1.54, 1.807) is 36.9 Å². The quantitative estimate of drug-likeness (QED) is 0.749. The summed E-state index contributed by atoms with van der Waals surface area (Å²) in [6.07, 6.45) is 0. The maximum atomic E-state index is 13.2. The molecule has 2 aromatic carbocycles. The van der Waals surface area contributed by atoms with Crippen molar-refractivity contribution in [1.29, 1.82) is 5.26 Å². The number of nitrogens with zero attached hydrogens (tertiary/aromatic N) is 1. The number of halogens is 1. The Morgan fingerprint density at radius 2 is 2.10 bits per heavy atom. The molecule has 2 aromatic rings. The van der Waals surface area contributed by atoms with Gasteiger partial charge in [0.15, 0.2) is 0 Å². The standard InChI is InChI=1S/C16H14FNOS/c1-3-20-16-6-4-5-15(13(16)10-18)19-12-7-8-14(17)11(2)9-12/h4-9H,3H2,1-2H3. The smallest absolute Gasteiger partial charge is 0.146 e. The summed E-state index contributed by atoms with van der Waals surface area (Å²) >= 11 is 1.59. The van der Waals surface area contributed by atoms with E-state index in [0.29, 0.717) is 22.6 Å². The monoisotopic (exact) mass is 287 g/mol. The Morgan fingerprint density at radius 3 is 2.75 bits per heavy atom. The van der Waals surface area contributed by atoms with Gasteiger partial charge in [0.2, 0.25) is 0 Å². The third-order valence-corrected chi connectivity index (χ3v) is 3.70. The summed E-state index contributed by atoms with van der Waals surface area (Å²) in [5, 5.41) is 9.30. The van der Waals surface area contributed by atoms with Gasteiger partial charge in [-0.2, -0.15) is 5.26 Å². The molecule has 0 aliphatic carbocycles. The zero-order valence-corrected chi connectivity index (χ0v) is 12.1. The maximum Gasteiger partial charge on any atom is 0.146 e. The molecule has 2 rings (SSSR count). The lowest BCUT2D eigenvalue weighted by atomic mass is 10.2. The number of ether oxygens (including phenoxy) is 1. The minimum atomic E-state index is -0.270. The van der Waals surface area contributed by atoms with E-state index in [1.165, 1.54) is 6.07 Å². The summed E-state index contributed by atoms with van der Waals surface area (Å²) in [6.45, 7) is 3.71. The second-order valence-electron chi connectivity index (χ2n) is 4.19. The molecule has 0 saturated heterocycles. The summed E-state index contributed by atoms with van der Waals surface area (Å²) in [6, 6.07) is 12.2. The normalized spacial score (nSPS) is 10.1. The molecule has 20 heavy (non-hydrogen) atoms. The Morgan fingerprint density at radius 1 is 1.30 bits per heavy atom. The number of thioether (sulfide) groups is 1. The van der Waals surface area contributed by atoms with Crippen molar-refractivity contribution in [2.75, 3.05) is 5.75 Å². The molecule has 0 bridgehead atoms. The first-order chi connectivity index (χ1) is 9.65. The van der Waals surface area contributed by atoms with Crippen molar-refractivity contribution in [3.8, 4) is 17.6 Å². The van der Waals surface area contributed by atoms with Crippen molar-refractivity contribution in [3.05, 3.63) is 53.3 Å². The van der Waals surface area contributed by atoms with Crippen LogP contribution < -0.4 is 4.74 Å². The third kappa shape index (κ3) is 3.12. The van der Waals surface area contributed by atoms with Crippen LogP contribution in [0.15, 0.2) is 41.3 Å². The van der Waals surface area contributed by atoms with Gasteiger partial charge in [0.25, 0.3) is 0 Å². The summed E-state index contributed by atoms with van der Waals surface area (Å²) in [4.78, 5) is 0.895. The average molecular weight is 287 g/mol. The van der Waals surface area contributed by atoms with Gasteiger partial charge in [-0.1, -0.05) is 13.0 Å². The SMILES string of the molecule is CCSc1cccc(Oc2ccc(F)c(C)c2)c1C#N. The van der Waals surface area contributed by atoms with E-state index in [-0.39, 0.29) is 5.82 Å². The van der Waals surface area contributed by atoms with Crippen LogP contribution in [0.5, 0.6) is 11.5 Å². The van der Waals surface area contributed by atoms with Crippen LogP contribution in [0.1, 0.15) is 18.1 Å². The number of hydrogen-bond acceptors (Lipinski definition) is 3. The summed E-state index contributed by atoms with van der Waals surface area (Å²) < 4.78 is 19.0. The van der Waals surface area contributed by atoms with Gasteiger partial charge < -0.3 is 4.74 Å². The Kier molecular flexibility index (Phi) is 4.65. The molecule has 0 aliphatic rings. The van der Waals surface area contributed by atoms with Crippen LogP contribution in [0.4, 0.5) is 4.39 Å². The van der Waals surface area contributed by atoms with Gasteiger partial charge in [-0.3, -0.25) is 0 Å². The number of benzene rings is 2. The number of aryl methyl sites for hydroxylation is 1. The third-order valence-electron chi connectivity index (χ3n) is 2.76. The van der Waals surface area contributed by atoms with E-state index in [1.807, 2.05) is 19.1 Å². The number of hydrogen-bond donors (Lipinski definition) is 0. The van der Waals surface area contributed by atoms with E-state index >= 15 is 0 Å². The van der Waals surface area contributed by atoms with Crippen LogP contribution in [0.25, 0.3) is 0 Å². The molecule has 0 aliphatic heterocycles. The first kappa shape index (κ1) is 14.4. The first-order valence-corrected chi connectivity index (χ1v) is 7.24.